The maximum Gasteiger partial charge on any atom is 0.258 e. The van der Waals surface area contributed by atoms with Gasteiger partial charge in [-0.25, -0.2) is 0 Å². The molecule has 2 heterocycles. The van der Waals surface area contributed by atoms with Crippen LogP contribution >= 0.6 is 0 Å². The molecule has 0 radical (unpaired) electrons. The SMILES string of the molecule is Cc1cccc2c(=O)n(CC3COC(C)(C)O3)ccc12. The van der Waals surface area contributed by atoms with Gasteiger partial charge in [0.2, 0.25) is 0 Å². The Morgan fingerprint density at radius 2 is 2.10 bits per heavy atom. The predicted octanol–water partition coefficient (Wildman–Crippen LogP) is 2.46. The smallest absolute Gasteiger partial charge is 0.258 e. The number of aryl methyl sites for hydroxylation is 1. The molecule has 0 N–H and O–H groups in total. The zero-order chi connectivity index (χ0) is 14.3. The van der Waals surface area contributed by atoms with Gasteiger partial charge in [-0.3, -0.25) is 4.79 Å². The Kier molecular flexibility index (Phi) is 3.15. The number of hydrogen-bond acceptors (Lipinski definition) is 3. The first-order valence-electron chi connectivity index (χ1n) is 6.87. The molecule has 1 aliphatic heterocycles. The van der Waals surface area contributed by atoms with E-state index in [1.165, 1.54) is 0 Å². The summed E-state index contributed by atoms with van der Waals surface area (Å²) in [5.41, 5.74) is 1.15. The Labute approximate surface area is 117 Å². The maximum atomic E-state index is 12.5. The summed E-state index contributed by atoms with van der Waals surface area (Å²) >= 11 is 0. The third kappa shape index (κ3) is 2.37. The summed E-state index contributed by atoms with van der Waals surface area (Å²) in [6, 6.07) is 7.80. The molecule has 2 aromatic rings. The normalized spacial score (nSPS) is 21.4. The minimum absolute atomic E-state index is 0.0273. The van der Waals surface area contributed by atoms with Crippen LogP contribution in [0.2, 0.25) is 0 Å². The van der Waals surface area contributed by atoms with Gasteiger partial charge in [0.15, 0.2) is 5.79 Å². The molecule has 20 heavy (non-hydrogen) atoms. The van der Waals surface area contributed by atoms with Crippen LogP contribution < -0.4 is 5.56 Å². The Bertz CT molecular complexity index is 702. The molecular formula is C16H19NO3. The van der Waals surface area contributed by atoms with Crippen molar-refractivity contribution in [3.05, 3.63) is 46.4 Å². The van der Waals surface area contributed by atoms with Crippen LogP contribution in [0.15, 0.2) is 35.3 Å². The van der Waals surface area contributed by atoms with Crippen molar-refractivity contribution in [3.63, 3.8) is 0 Å². The summed E-state index contributed by atoms with van der Waals surface area (Å²) in [7, 11) is 0. The van der Waals surface area contributed by atoms with Crippen molar-refractivity contribution in [2.75, 3.05) is 6.61 Å². The van der Waals surface area contributed by atoms with Gasteiger partial charge in [-0.2, -0.15) is 0 Å². The van der Waals surface area contributed by atoms with Gasteiger partial charge in [0.25, 0.3) is 5.56 Å². The number of hydrogen-bond donors (Lipinski definition) is 0. The number of fused-ring (bicyclic) bond motifs is 1. The molecule has 106 valence electrons. The molecule has 1 aliphatic rings. The van der Waals surface area contributed by atoms with Crippen molar-refractivity contribution >= 4 is 10.8 Å². The number of rotatable bonds is 2. The fourth-order valence-electron chi connectivity index (χ4n) is 2.69. The first-order chi connectivity index (χ1) is 9.46. The quantitative estimate of drug-likeness (QED) is 0.844. The van der Waals surface area contributed by atoms with Gasteiger partial charge >= 0.3 is 0 Å². The van der Waals surface area contributed by atoms with E-state index in [4.69, 9.17) is 9.47 Å². The van der Waals surface area contributed by atoms with Crippen LogP contribution in [0.3, 0.4) is 0 Å². The van der Waals surface area contributed by atoms with E-state index >= 15 is 0 Å². The minimum Gasteiger partial charge on any atom is -0.348 e. The zero-order valence-electron chi connectivity index (χ0n) is 12.1. The lowest BCUT2D eigenvalue weighted by atomic mass is 10.1. The van der Waals surface area contributed by atoms with E-state index in [9.17, 15) is 4.79 Å². The lowest BCUT2D eigenvalue weighted by molar-refractivity contribution is -0.139. The largest absolute Gasteiger partial charge is 0.348 e. The molecule has 0 spiro atoms. The summed E-state index contributed by atoms with van der Waals surface area (Å²) in [5.74, 6) is -0.554. The van der Waals surface area contributed by atoms with Crippen LogP contribution in [-0.4, -0.2) is 23.1 Å². The van der Waals surface area contributed by atoms with Crippen LogP contribution in [0.1, 0.15) is 19.4 Å². The van der Waals surface area contributed by atoms with Gasteiger partial charge in [-0.15, -0.1) is 0 Å². The molecule has 0 saturated carbocycles. The van der Waals surface area contributed by atoms with Gasteiger partial charge in [0.1, 0.15) is 6.10 Å². The molecule has 1 unspecified atom stereocenters. The first-order valence-corrected chi connectivity index (χ1v) is 6.87. The monoisotopic (exact) mass is 273 g/mol. The number of nitrogens with zero attached hydrogens (tertiary/aromatic N) is 1. The molecule has 1 saturated heterocycles. The summed E-state index contributed by atoms with van der Waals surface area (Å²) in [4.78, 5) is 12.5. The Hall–Kier alpha value is -1.65. The number of benzene rings is 1. The third-order valence-electron chi connectivity index (χ3n) is 3.70. The molecule has 1 aromatic carbocycles. The highest BCUT2D eigenvalue weighted by molar-refractivity contribution is 5.84. The molecule has 4 nitrogen and oxygen atoms in total. The highest BCUT2D eigenvalue weighted by Gasteiger charge is 2.32. The standard InChI is InChI=1S/C16H19NO3/c1-11-5-4-6-14-13(11)7-8-17(15(14)18)9-12-10-19-16(2,3)20-12/h4-8,12H,9-10H2,1-3H3. The van der Waals surface area contributed by atoms with Gasteiger partial charge in [0, 0.05) is 11.6 Å². The molecule has 0 aliphatic carbocycles. The Morgan fingerprint density at radius 3 is 2.80 bits per heavy atom. The van der Waals surface area contributed by atoms with Crippen LogP contribution in [0.5, 0.6) is 0 Å². The van der Waals surface area contributed by atoms with Crippen molar-refractivity contribution in [3.8, 4) is 0 Å². The number of ether oxygens (including phenoxy) is 2. The molecule has 1 aromatic heterocycles. The predicted molar refractivity (Wildman–Crippen MR) is 77.8 cm³/mol. The number of aromatic nitrogens is 1. The van der Waals surface area contributed by atoms with Gasteiger partial charge in [0.05, 0.1) is 13.2 Å². The maximum absolute atomic E-state index is 12.5. The molecule has 4 heteroatoms. The topological polar surface area (TPSA) is 40.5 Å². The van der Waals surface area contributed by atoms with Crippen molar-refractivity contribution in [1.82, 2.24) is 4.57 Å². The van der Waals surface area contributed by atoms with E-state index in [1.807, 2.05) is 51.2 Å². The van der Waals surface area contributed by atoms with E-state index in [0.717, 1.165) is 16.3 Å². The van der Waals surface area contributed by atoms with Gasteiger partial charge < -0.3 is 14.0 Å². The molecule has 3 rings (SSSR count). The van der Waals surface area contributed by atoms with E-state index in [-0.39, 0.29) is 11.7 Å². The number of pyridine rings is 1. The average molecular weight is 273 g/mol. The summed E-state index contributed by atoms with van der Waals surface area (Å²) in [6.45, 7) is 6.83. The molecule has 0 bridgehead atoms. The molecule has 1 atom stereocenters. The summed E-state index contributed by atoms with van der Waals surface area (Å²) in [5, 5.41) is 1.77. The molecule has 0 amide bonds. The molecular weight excluding hydrogens is 254 g/mol. The fourth-order valence-corrected chi connectivity index (χ4v) is 2.69. The van der Waals surface area contributed by atoms with E-state index in [1.54, 1.807) is 4.57 Å². The van der Waals surface area contributed by atoms with E-state index in [2.05, 4.69) is 0 Å². The first kappa shape index (κ1) is 13.3. The molecule has 1 fully saturated rings. The van der Waals surface area contributed by atoms with Crippen LogP contribution in [-0.2, 0) is 16.0 Å². The highest BCUT2D eigenvalue weighted by atomic mass is 16.7. The Balaban J connectivity index is 1.94. The summed E-state index contributed by atoms with van der Waals surface area (Å²) < 4.78 is 13.0. The second-order valence-corrected chi connectivity index (χ2v) is 5.76. The zero-order valence-corrected chi connectivity index (χ0v) is 12.1. The minimum atomic E-state index is -0.554. The lowest BCUT2D eigenvalue weighted by Gasteiger charge is -2.17. The van der Waals surface area contributed by atoms with Crippen molar-refractivity contribution in [2.24, 2.45) is 0 Å². The van der Waals surface area contributed by atoms with E-state index < -0.39 is 5.79 Å². The van der Waals surface area contributed by atoms with E-state index in [0.29, 0.717) is 13.2 Å². The lowest BCUT2D eigenvalue weighted by Crippen LogP contribution is -2.29. The van der Waals surface area contributed by atoms with Crippen molar-refractivity contribution < 1.29 is 9.47 Å². The van der Waals surface area contributed by atoms with Gasteiger partial charge in [-0.1, -0.05) is 12.1 Å². The Morgan fingerprint density at radius 1 is 1.30 bits per heavy atom. The second-order valence-electron chi connectivity index (χ2n) is 5.76. The van der Waals surface area contributed by atoms with Gasteiger partial charge in [-0.05, 0) is 43.9 Å². The second kappa shape index (κ2) is 4.72. The summed E-state index contributed by atoms with van der Waals surface area (Å²) in [6.07, 6.45) is 1.76. The fraction of sp³-hybridized carbons (Fsp3) is 0.438. The van der Waals surface area contributed by atoms with Crippen LogP contribution in [0, 0.1) is 6.92 Å². The van der Waals surface area contributed by atoms with Crippen molar-refractivity contribution in [2.45, 2.75) is 39.2 Å². The van der Waals surface area contributed by atoms with Crippen LogP contribution in [0.25, 0.3) is 10.8 Å². The van der Waals surface area contributed by atoms with Crippen LogP contribution in [0.4, 0.5) is 0 Å². The van der Waals surface area contributed by atoms with Crippen molar-refractivity contribution in [1.29, 1.82) is 0 Å². The third-order valence-corrected chi connectivity index (χ3v) is 3.70. The highest BCUT2D eigenvalue weighted by Crippen LogP contribution is 2.23. The average Bonchev–Trinajstić information content (AvgIpc) is 2.73.